The monoisotopic (exact) mass is 566 g/mol. The summed E-state index contributed by atoms with van der Waals surface area (Å²) >= 11 is 0. The molecule has 5 aliphatic rings. The zero-order chi connectivity index (χ0) is 29.4. The summed E-state index contributed by atoms with van der Waals surface area (Å²) in [6, 6.07) is 7.55. The highest BCUT2D eigenvalue weighted by molar-refractivity contribution is 5.92. The Morgan fingerprint density at radius 3 is 2.24 bits per heavy atom. The molecule has 0 aromatic heterocycles. The molecule has 0 saturated heterocycles. The van der Waals surface area contributed by atoms with Gasteiger partial charge in [0.25, 0.3) is 0 Å². The van der Waals surface area contributed by atoms with Crippen LogP contribution in [0.3, 0.4) is 0 Å². The van der Waals surface area contributed by atoms with E-state index in [0.29, 0.717) is 11.3 Å². The zero-order valence-corrected chi connectivity index (χ0v) is 23.9. The van der Waals surface area contributed by atoms with E-state index in [2.05, 4.69) is 0 Å². The van der Waals surface area contributed by atoms with E-state index in [1.807, 2.05) is 24.3 Å². The fourth-order valence-corrected chi connectivity index (χ4v) is 7.79. The molecule has 218 valence electrons. The Hall–Kier alpha value is -3.66. The molecule has 10 heteroatoms. The first-order chi connectivity index (χ1) is 19.3. The highest BCUT2D eigenvalue weighted by atomic mass is 16.6. The van der Waals surface area contributed by atoms with Crippen molar-refractivity contribution in [3.8, 4) is 0 Å². The van der Waals surface area contributed by atoms with Crippen molar-refractivity contribution >= 4 is 23.9 Å². The molecule has 0 amide bonds. The minimum absolute atomic E-state index is 0.124. The number of hydrogen-bond acceptors (Lipinski definition) is 10. The van der Waals surface area contributed by atoms with Crippen molar-refractivity contribution < 1.29 is 47.6 Å². The quantitative estimate of drug-likeness (QED) is 0.341. The van der Waals surface area contributed by atoms with Crippen molar-refractivity contribution in [3.63, 3.8) is 0 Å². The van der Waals surface area contributed by atoms with Crippen molar-refractivity contribution in [1.29, 1.82) is 0 Å². The number of fused-ring (bicyclic) bond motifs is 2. The van der Waals surface area contributed by atoms with Gasteiger partial charge in [0.05, 0.1) is 24.0 Å². The largest absolute Gasteiger partial charge is 0.492 e. The molecule has 2 bridgehead atoms. The van der Waals surface area contributed by atoms with Gasteiger partial charge in [0, 0.05) is 18.4 Å². The molecule has 41 heavy (non-hydrogen) atoms. The maximum atomic E-state index is 13.5. The highest BCUT2D eigenvalue weighted by Crippen LogP contribution is 2.64. The van der Waals surface area contributed by atoms with Crippen LogP contribution < -0.4 is 0 Å². The van der Waals surface area contributed by atoms with Crippen LogP contribution in [0.2, 0.25) is 0 Å². The number of ether oxygens (including phenoxy) is 6. The minimum atomic E-state index is -1.27. The van der Waals surface area contributed by atoms with E-state index < -0.39 is 57.4 Å². The molecule has 2 saturated carbocycles. The fourth-order valence-electron chi connectivity index (χ4n) is 7.79. The van der Waals surface area contributed by atoms with Crippen LogP contribution >= 0.6 is 0 Å². The maximum Gasteiger partial charge on any atom is 0.334 e. The van der Waals surface area contributed by atoms with Crippen molar-refractivity contribution in [3.05, 3.63) is 58.9 Å². The number of esters is 4. The van der Waals surface area contributed by atoms with Gasteiger partial charge in [-0.2, -0.15) is 0 Å². The lowest BCUT2D eigenvalue weighted by Gasteiger charge is -2.65. The average molecular weight is 567 g/mol. The molecular formula is C31H34O10. The van der Waals surface area contributed by atoms with Crippen LogP contribution in [0.4, 0.5) is 0 Å². The smallest absolute Gasteiger partial charge is 0.334 e. The van der Waals surface area contributed by atoms with Crippen LogP contribution in [0.1, 0.15) is 58.6 Å². The predicted molar refractivity (Wildman–Crippen MR) is 140 cm³/mol. The van der Waals surface area contributed by atoms with Gasteiger partial charge in [0.2, 0.25) is 0 Å². The van der Waals surface area contributed by atoms with Gasteiger partial charge in [-0.15, -0.1) is 0 Å². The molecule has 0 radical (unpaired) electrons. The molecule has 2 fully saturated rings. The number of benzene rings is 1. The number of carbonyl (C=O) groups excluding carboxylic acids is 4. The number of cyclic esters (lactones) is 2. The van der Waals surface area contributed by atoms with Gasteiger partial charge in [0.1, 0.15) is 47.8 Å². The Labute approximate surface area is 237 Å². The van der Waals surface area contributed by atoms with Crippen molar-refractivity contribution in [2.75, 3.05) is 13.2 Å². The molecule has 1 aromatic rings. The standard InChI is InChI=1S/C31H34O10/c1-18-13-31-28(3,17-30(31,5)41-24(18)33)26(35)37-10-9-36-25(34)27(2)16-29(4)23(27)21(12-22(32)40-29)38-14-19-7-6-8-20(11-19)15-39-31/h6-8,11-13,23H,9-10,14-17H2,1-5H3/t23-,27+,28?,29+,30?,31?/m1/s1. The first kappa shape index (κ1) is 27.5. The van der Waals surface area contributed by atoms with Gasteiger partial charge in [-0.1, -0.05) is 24.3 Å². The van der Waals surface area contributed by atoms with Crippen LogP contribution in [-0.2, 0) is 60.8 Å². The average Bonchev–Trinajstić information content (AvgIpc) is 2.89. The zero-order valence-electron chi connectivity index (χ0n) is 23.9. The number of hydrogen-bond donors (Lipinski definition) is 0. The predicted octanol–water partition coefficient (Wildman–Crippen LogP) is 3.46. The summed E-state index contributed by atoms with van der Waals surface area (Å²) in [6.45, 7) is 8.63. The highest BCUT2D eigenvalue weighted by Gasteiger charge is 2.77. The molecule has 1 aromatic carbocycles. The van der Waals surface area contributed by atoms with E-state index >= 15 is 0 Å². The van der Waals surface area contributed by atoms with Crippen LogP contribution in [0, 0.1) is 16.7 Å². The summed E-state index contributed by atoms with van der Waals surface area (Å²) in [4.78, 5) is 51.6. The summed E-state index contributed by atoms with van der Waals surface area (Å²) in [5.41, 5.74) is -3.42. The van der Waals surface area contributed by atoms with Crippen molar-refractivity contribution in [1.82, 2.24) is 0 Å². The van der Waals surface area contributed by atoms with E-state index in [0.717, 1.165) is 11.1 Å². The maximum absolute atomic E-state index is 13.5. The van der Waals surface area contributed by atoms with E-state index in [9.17, 15) is 19.2 Å². The third-order valence-electron chi connectivity index (χ3n) is 9.53. The van der Waals surface area contributed by atoms with Crippen molar-refractivity contribution in [2.45, 2.75) is 77.5 Å². The molecule has 3 unspecified atom stereocenters. The second-order valence-corrected chi connectivity index (χ2v) is 12.7. The van der Waals surface area contributed by atoms with Gasteiger partial charge in [-0.05, 0) is 51.8 Å². The summed E-state index contributed by atoms with van der Waals surface area (Å²) in [6.07, 6.45) is 3.44. The summed E-state index contributed by atoms with van der Waals surface area (Å²) < 4.78 is 35.2. The third kappa shape index (κ3) is 3.86. The molecule has 3 heterocycles. The van der Waals surface area contributed by atoms with Gasteiger partial charge in [-0.3, -0.25) is 9.59 Å². The van der Waals surface area contributed by atoms with E-state index in [1.54, 1.807) is 40.7 Å². The normalized spacial score (nSPS) is 40.4. The summed E-state index contributed by atoms with van der Waals surface area (Å²) in [7, 11) is 0. The third-order valence-corrected chi connectivity index (χ3v) is 9.53. The number of rotatable bonds is 0. The fraction of sp³-hybridized carbons (Fsp3) is 0.548. The Morgan fingerprint density at radius 2 is 1.51 bits per heavy atom. The van der Waals surface area contributed by atoms with Crippen LogP contribution in [-0.4, -0.2) is 53.9 Å². The van der Waals surface area contributed by atoms with Gasteiger partial charge >= 0.3 is 23.9 Å². The van der Waals surface area contributed by atoms with E-state index in [4.69, 9.17) is 28.4 Å². The molecular weight excluding hydrogens is 532 g/mol. The molecule has 3 aliphatic heterocycles. The molecule has 6 atom stereocenters. The summed E-state index contributed by atoms with van der Waals surface area (Å²) in [5, 5.41) is 0. The van der Waals surface area contributed by atoms with Gasteiger partial charge < -0.3 is 28.4 Å². The summed E-state index contributed by atoms with van der Waals surface area (Å²) in [5.74, 6) is -2.17. The van der Waals surface area contributed by atoms with E-state index in [1.165, 1.54) is 6.08 Å². The first-order valence-electron chi connectivity index (χ1n) is 13.8. The first-order valence-corrected chi connectivity index (χ1v) is 13.8. The Morgan fingerprint density at radius 1 is 0.829 bits per heavy atom. The van der Waals surface area contributed by atoms with Crippen LogP contribution in [0.15, 0.2) is 47.7 Å². The Balaban J connectivity index is 1.35. The lowest BCUT2D eigenvalue weighted by Crippen LogP contribution is -2.78. The Bertz CT molecular complexity index is 1430. The van der Waals surface area contributed by atoms with Gasteiger partial charge in [0.15, 0.2) is 0 Å². The molecule has 10 nitrogen and oxygen atoms in total. The topological polar surface area (TPSA) is 124 Å². The minimum Gasteiger partial charge on any atom is -0.492 e. The van der Waals surface area contributed by atoms with E-state index in [-0.39, 0.29) is 39.3 Å². The molecule has 0 N–H and O–H groups in total. The Kier molecular flexibility index (Phi) is 5.98. The lowest BCUT2D eigenvalue weighted by molar-refractivity contribution is -0.302. The molecule has 2 aliphatic carbocycles. The number of carbonyl (C=O) groups is 4. The molecule has 1 spiro atoms. The van der Waals surface area contributed by atoms with Crippen LogP contribution in [0.25, 0.3) is 0 Å². The molecule has 6 rings (SSSR count). The van der Waals surface area contributed by atoms with Crippen molar-refractivity contribution in [2.24, 2.45) is 16.7 Å². The SMILES string of the molecule is CC1=CC23OCc4cccc(c4)COC4=CC(=O)O[C@@]5(C)C[C@](C)(C(=O)OCCOC(=O)C2(C)CC3(C)OC1=O)[C@@H]45. The second-order valence-electron chi connectivity index (χ2n) is 12.7. The van der Waals surface area contributed by atoms with Gasteiger partial charge in [-0.25, -0.2) is 9.59 Å². The lowest BCUT2D eigenvalue weighted by atomic mass is 9.47. The van der Waals surface area contributed by atoms with Crippen LogP contribution in [0.5, 0.6) is 0 Å². The second kappa shape index (κ2) is 8.92.